The molecule has 14 heavy (non-hydrogen) atoms. The fourth-order valence-electron chi connectivity index (χ4n) is 1.58. The highest BCUT2D eigenvalue weighted by Gasteiger charge is 2.29. The van der Waals surface area contributed by atoms with Gasteiger partial charge in [-0.15, -0.1) is 0 Å². The molecule has 0 spiro atoms. The molecule has 3 nitrogen and oxygen atoms in total. The lowest BCUT2D eigenvalue weighted by molar-refractivity contribution is 0.0817. The van der Waals surface area contributed by atoms with E-state index in [0.717, 1.165) is 13.6 Å². The number of fused-ring (bicyclic) bond motifs is 1. The third-order valence-electron chi connectivity index (χ3n) is 2.33. The number of anilines is 1. The Bertz CT molecular complexity index is 433. The van der Waals surface area contributed by atoms with E-state index in [4.69, 9.17) is 5.73 Å². The van der Waals surface area contributed by atoms with Crippen LogP contribution in [0.15, 0.2) is 10.5 Å². The molecule has 1 aliphatic rings. The van der Waals surface area contributed by atoms with Gasteiger partial charge in [-0.2, -0.15) is 0 Å². The first-order chi connectivity index (χ1) is 6.52. The van der Waals surface area contributed by atoms with Crippen molar-refractivity contribution in [2.24, 2.45) is 0 Å². The molecule has 0 aromatic heterocycles. The lowest BCUT2D eigenvalue weighted by atomic mass is 10.1. The van der Waals surface area contributed by atoms with E-state index in [9.17, 15) is 4.79 Å². The molecule has 0 unspecified atom stereocenters. The van der Waals surface area contributed by atoms with E-state index in [0.29, 0.717) is 17.8 Å². The van der Waals surface area contributed by atoms with E-state index < -0.39 is 0 Å². The molecular formula is C9H8BrIN2O. The fraction of sp³-hybridized carbons (Fsp3) is 0.222. The molecular weight excluding hydrogens is 359 g/mol. The Kier molecular flexibility index (Phi) is 2.46. The van der Waals surface area contributed by atoms with Crippen LogP contribution in [0, 0.1) is 3.57 Å². The highest BCUT2D eigenvalue weighted by Crippen LogP contribution is 2.35. The van der Waals surface area contributed by atoms with Gasteiger partial charge in [0.1, 0.15) is 0 Å². The van der Waals surface area contributed by atoms with Crippen molar-refractivity contribution in [2.45, 2.75) is 6.54 Å². The number of benzene rings is 1. The standard InChI is InChI=1S/C9H8BrIN2O/c1-13-3-4-5(10)2-6(11)8(12)7(4)9(13)14/h2H,3,12H2,1H3. The van der Waals surface area contributed by atoms with E-state index in [1.54, 1.807) is 11.9 Å². The Labute approximate surface area is 104 Å². The van der Waals surface area contributed by atoms with E-state index in [1.807, 2.05) is 6.07 Å². The quantitative estimate of drug-likeness (QED) is 0.565. The SMILES string of the molecule is CN1Cc2c(Br)cc(I)c(N)c2C1=O. The smallest absolute Gasteiger partial charge is 0.256 e. The summed E-state index contributed by atoms with van der Waals surface area (Å²) in [6.07, 6.45) is 0. The monoisotopic (exact) mass is 366 g/mol. The van der Waals surface area contributed by atoms with Gasteiger partial charge in [-0.3, -0.25) is 4.79 Å². The third-order valence-corrected chi connectivity index (χ3v) is 3.93. The lowest BCUT2D eigenvalue weighted by Crippen LogP contribution is -2.18. The van der Waals surface area contributed by atoms with Gasteiger partial charge in [-0.25, -0.2) is 0 Å². The molecule has 0 saturated heterocycles. The molecule has 1 amide bonds. The van der Waals surface area contributed by atoms with Gasteiger partial charge in [0.05, 0.1) is 11.3 Å². The number of amides is 1. The Balaban J connectivity index is 2.74. The molecule has 0 fully saturated rings. The molecule has 0 bridgehead atoms. The molecule has 0 saturated carbocycles. The summed E-state index contributed by atoms with van der Waals surface area (Å²) < 4.78 is 1.88. The van der Waals surface area contributed by atoms with Crippen LogP contribution < -0.4 is 5.73 Å². The van der Waals surface area contributed by atoms with Crippen LogP contribution in [0.2, 0.25) is 0 Å². The minimum atomic E-state index is 0.0108. The van der Waals surface area contributed by atoms with Crippen molar-refractivity contribution in [1.29, 1.82) is 0 Å². The molecule has 1 aromatic carbocycles. The van der Waals surface area contributed by atoms with Gasteiger partial charge < -0.3 is 10.6 Å². The highest BCUT2D eigenvalue weighted by molar-refractivity contribution is 14.1. The number of hydrogen-bond acceptors (Lipinski definition) is 2. The molecule has 5 heteroatoms. The molecule has 0 aliphatic carbocycles. The van der Waals surface area contributed by atoms with Crippen LogP contribution in [0.25, 0.3) is 0 Å². The number of carbonyl (C=O) groups excluding carboxylic acids is 1. The first-order valence-electron chi connectivity index (χ1n) is 4.04. The van der Waals surface area contributed by atoms with E-state index in [2.05, 4.69) is 38.5 Å². The topological polar surface area (TPSA) is 46.3 Å². The maximum absolute atomic E-state index is 11.7. The molecule has 1 aromatic rings. The average molecular weight is 367 g/mol. The summed E-state index contributed by atoms with van der Waals surface area (Å²) >= 11 is 5.58. The zero-order valence-electron chi connectivity index (χ0n) is 7.47. The van der Waals surface area contributed by atoms with Crippen molar-refractivity contribution in [2.75, 3.05) is 12.8 Å². The Morgan fingerprint density at radius 3 is 2.93 bits per heavy atom. The molecule has 1 heterocycles. The number of rotatable bonds is 0. The third kappa shape index (κ3) is 1.33. The minimum Gasteiger partial charge on any atom is -0.397 e. The molecule has 2 N–H and O–H groups in total. The van der Waals surface area contributed by atoms with Crippen LogP contribution in [0.4, 0.5) is 5.69 Å². The van der Waals surface area contributed by atoms with Crippen molar-refractivity contribution in [1.82, 2.24) is 4.90 Å². The van der Waals surface area contributed by atoms with Crippen molar-refractivity contribution < 1.29 is 4.79 Å². The summed E-state index contributed by atoms with van der Waals surface area (Å²) in [6.45, 7) is 0.635. The number of nitrogens with zero attached hydrogens (tertiary/aromatic N) is 1. The number of carbonyl (C=O) groups is 1. The van der Waals surface area contributed by atoms with Gasteiger partial charge in [0, 0.05) is 27.2 Å². The molecule has 0 atom stereocenters. The van der Waals surface area contributed by atoms with Crippen molar-refractivity contribution in [3.63, 3.8) is 0 Å². The summed E-state index contributed by atoms with van der Waals surface area (Å²) in [5.74, 6) is 0.0108. The van der Waals surface area contributed by atoms with E-state index >= 15 is 0 Å². The van der Waals surface area contributed by atoms with Gasteiger partial charge in [-0.1, -0.05) is 15.9 Å². The Morgan fingerprint density at radius 1 is 1.64 bits per heavy atom. The average Bonchev–Trinajstić information content (AvgIpc) is 2.41. The number of halogens is 2. The largest absolute Gasteiger partial charge is 0.397 e. The summed E-state index contributed by atoms with van der Waals surface area (Å²) in [5, 5.41) is 0. The second kappa shape index (κ2) is 3.37. The van der Waals surface area contributed by atoms with Crippen molar-refractivity contribution >= 4 is 50.1 Å². The second-order valence-electron chi connectivity index (χ2n) is 3.27. The first-order valence-corrected chi connectivity index (χ1v) is 5.91. The Hall–Kier alpha value is -0.300. The second-order valence-corrected chi connectivity index (χ2v) is 5.29. The van der Waals surface area contributed by atoms with Crippen LogP contribution in [0.3, 0.4) is 0 Å². The van der Waals surface area contributed by atoms with E-state index in [-0.39, 0.29) is 5.91 Å². The van der Waals surface area contributed by atoms with Gasteiger partial charge in [0.25, 0.3) is 5.91 Å². The first kappa shape index (κ1) is 10.2. The summed E-state index contributed by atoms with van der Waals surface area (Å²) in [7, 11) is 1.78. The molecule has 2 rings (SSSR count). The summed E-state index contributed by atoms with van der Waals surface area (Å²) in [5.41, 5.74) is 8.13. The van der Waals surface area contributed by atoms with Crippen molar-refractivity contribution in [3.05, 3.63) is 25.2 Å². The van der Waals surface area contributed by atoms with Gasteiger partial charge >= 0.3 is 0 Å². The normalized spacial score (nSPS) is 14.8. The molecule has 0 radical (unpaired) electrons. The van der Waals surface area contributed by atoms with Crippen LogP contribution in [-0.2, 0) is 6.54 Å². The number of hydrogen-bond donors (Lipinski definition) is 1. The fourth-order valence-corrected chi connectivity index (χ4v) is 3.14. The maximum Gasteiger partial charge on any atom is 0.256 e. The van der Waals surface area contributed by atoms with E-state index in [1.165, 1.54) is 0 Å². The zero-order valence-corrected chi connectivity index (χ0v) is 11.2. The number of nitrogen functional groups attached to an aromatic ring is 1. The Morgan fingerprint density at radius 2 is 2.29 bits per heavy atom. The maximum atomic E-state index is 11.7. The van der Waals surface area contributed by atoms with Crippen LogP contribution in [-0.4, -0.2) is 17.9 Å². The molecule has 1 aliphatic heterocycles. The number of nitrogens with two attached hydrogens (primary N) is 1. The highest BCUT2D eigenvalue weighted by atomic mass is 127. The van der Waals surface area contributed by atoms with Crippen LogP contribution in [0.1, 0.15) is 15.9 Å². The van der Waals surface area contributed by atoms with Crippen LogP contribution in [0.5, 0.6) is 0 Å². The van der Waals surface area contributed by atoms with Gasteiger partial charge in [0.15, 0.2) is 0 Å². The van der Waals surface area contributed by atoms with Crippen LogP contribution >= 0.6 is 38.5 Å². The molecule has 74 valence electrons. The van der Waals surface area contributed by atoms with Gasteiger partial charge in [0.2, 0.25) is 0 Å². The minimum absolute atomic E-state index is 0.0108. The predicted molar refractivity (Wildman–Crippen MR) is 67.1 cm³/mol. The predicted octanol–water partition coefficient (Wildman–Crippen LogP) is 2.22. The lowest BCUT2D eigenvalue weighted by Gasteiger charge is -2.06. The summed E-state index contributed by atoms with van der Waals surface area (Å²) in [4.78, 5) is 13.4. The summed E-state index contributed by atoms with van der Waals surface area (Å²) in [6, 6.07) is 1.95. The zero-order chi connectivity index (χ0) is 10.5. The van der Waals surface area contributed by atoms with Gasteiger partial charge in [-0.05, 0) is 28.7 Å². The van der Waals surface area contributed by atoms with Crippen molar-refractivity contribution in [3.8, 4) is 0 Å².